The summed E-state index contributed by atoms with van der Waals surface area (Å²) in [6.07, 6.45) is 5.23. The largest absolute Gasteiger partial charge is 0.469 e. The molecule has 1 aliphatic heterocycles. The Morgan fingerprint density at radius 1 is 1.07 bits per heavy atom. The highest BCUT2D eigenvalue weighted by Gasteiger charge is 2.09. The lowest BCUT2D eigenvalue weighted by atomic mass is 10.3. The van der Waals surface area contributed by atoms with Gasteiger partial charge in [0.25, 0.3) is 0 Å². The Balaban J connectivity index is 1.44. The van der Waals surface area contributed by atoms with Gasteiger partial charge in [0, 0.05) is 57.5 Å². The predicted octanol–water partition coefficient (Wildman–Crippen LogP) is 1.33. The summed E-state index contributed by atoms with van der Waals surface area (Å²) < 4.78 is 10.8. The number of aromatic nitrogens is 1. The van der Waals surface area contributed by atoms with Gasteiger partial charge in [0.05, 0.1) is 26.0 Å². The standard InChI is InChI=1S/C20H29N5O2/c1-2-8-21-18(4-1)6-9-22-20(23-10-7-19-5-3-15-27-19)24-11-12-25-13-16-26-17-14-25/h1-5,8,15H,6-7,9-14,16-17H2,(H2,22,23,24). The van der Waals surface area contributed by atoms with Gasteiger partial charge in [-0.3, -0.25) is 14.9 Å². The topological polar surface area (TPSA) is 74.9 Å². The van der Waals surface area contributed by atoms with Crippen LogP contribution in [0.3, 0.4) is 0 Å². The van der Waals surface area contributed by atoms with Gasteiger partial charge < -0.3 is 19.8 Å². The molecule has 0 saturated carbocycles. The molecule has 2 N–H and O–H groups in total. The van der Waals surface area contributed by atoms with Crippen LogP contribution in [-0.2, 0) is 17.6 Å². The zero-order valence-electron chi connectivity index (χ0n) is 15.8. The molecule has 0 aromatic carbocycles. The third kappa shape index (κ3) is 7.40. The van der Waals surface area contributed by atoms with E-state index in [1.165, 1.54) is 0 Å². The number of ether oxygens (including phenoxy) is 1. The number of morpholine rings is 1. The Kier molecular flexibility index (Phi) is 8.15. The molecule has 3 rings (SSSR count). The Morgan fingerprint density at radius 3 is 2.67 bits per heavy atom. The van der Waals surface area contributed by atoms with Crippen molar-refractivity contribution < 1.29 is 9.15 Å². The van der Waals surface area contributed by atoms with Gasteiger partial charge in [0.1, 0.15) is 5.76 Å². The van der Waals surface area contributed by atoms with Crippen molar-refractivity contribution in [3.8, 4) is 0 Å². The van der Waals surface area contributed by atoms with E-state index in [1.807, 2.05) is 36.5 Å². The van der Waals surface area contributed by atoms with E-state index < -0.39 is 0 Å². The quantitative estimate of drug-likeness (QED) is 0.512. The Labute approximate surface area is 160 Å². The zero-order valence-corrected chi connectivity index (χ0v) is 15.8. The van der Waals surface area contributed by atoms with Crippen molar-refractivity contribution in [2.75, 3.05) is 52.5 Å². The van der Waals surface area contributed by atoms with E-state index in [2.05, 4.69) is 20.5 Å². The maximum atomic E-state index is 5.39. The monoisotopic (exact) mass is 371 g/mol. The second kappa shape index (κ2) is 11.4. The Bertz CT molecular complexity index is 654. The van der Waals surface area contributed by atoms with Gasteiger partial charge in [-0.25, -0.2) is 0 Å². The van der Waals surface area contributed by atoms with Crippen molar-refractivity contribution in [2.24, 2.45) is 4.99 Å². The predicted molar refractivity (Wildman–Crippen MR) is 106 cm³/mol. The maximum absolute atomic E-state index is 5.39. The fraction of sp³-hybridized carbons (Fsp3) is 0.500. The first-order valence-corrected chi connectivity index (χ1v) is 9.65. The molecule has 0 atom stereocenters. The van der Waals surface area contributed by atoms with E-state index in [1.54, 1.807) is 6.26 Å². The van der Waals surface area contributed by atoms with Gasteiger partial charge in [-0.1, -0.05) is 6.07 Å². The highest BCUT2D eigenvalue weighted by Crippen LogP contribution is 2.00. The summed E-state index contributed by atoms with van der Waals surface area (Å²) in [5, 5.41) is 6.81. The van der Waals surface area contributed by atoms with Crippen LogP contribution < -0.4 is 10.6 Å². The molecule has 0 unspecified atom stereocenters. The number of rotatable bonds is 9. The van der Waals surface area contributed by atoms with Crippen LogP contribution in [0.25, 0.3) is 0 Å². The molecule has 1 aliphatic rings. The van der Waals surface area contributed by atoms with Crippen LogP contribution in [0.5, 0.6) is 0 Å². The Morgan fingerprint density at radius 2 is 1.93 bits per heavy atom. The molecule has 7 heteroatoms. The number of hydrogen-bond acceptors (Lipinski definition) is 5. The Hall–Kier alpha value is -2.38. The second-order valence-electron chi connectivity index (χ2n) is 6.44. The van der Waals surface area contributed by atoms with E-state index >= 15 is 0 Å². The molecule has 7 nitrogen and oxygen atoms in total. The second-order valence-corrected chi connectivity index (χ2v) is 6.44. The molecule has 0 radical (unpaired) electrons. The molecule has 2 aromatic rings. The summed E-state index contributed by atoms with van der Waals surface area (Å²) in [7, 11) is 0. The fourth-order valence-corrected chi connectivity index (χ4v) is 2.92. The molecule has 0 bridgehead atoms. The molecule has 27 heavy (non-hydrogen) atoms. The fourth-order valence-electron chi connectivity index (χ4n) is 2.92. The number of pyridine rings is 1. The third-order valence-corrected chi connectivity index (χ3v) is 4.43. The highest BCUT2D eigenvalue weighted by molar-refractivity contribution is 5.79. The third-order valence-electron chi connectivity index (χ3n) is 4.43. The van der Waals surface area contributed by atoms with Crippen LogP contribution in [0.1, 0.15) is 11.5 Å². The minimum atomic E-state index is 0.764. The summed E-state index contributed by atoms with van der Waals surface area (Å²) in [6, 6.07) is 9.90. The smallest absolute Gasteiger partial charge is 0.191 e. The highest BCUT2D eigenvalue weighted by atomic mass is 16.5. The molecule has 0 spiro atoms. The SMILES string of the molecule is c1ccc(CCNC(=NCCN2CCOCC2)NCCc2ccco2)nc1. The maximum Gasteiger partial charge on any atom is 0.191 e. The lowest BCUT2D eigenvalue weighted by Gasteiger charge is -2.25. The molecule has 0 amide bonds. The zero-order chi connectivity index (χ0) is 18.6. The molecule has 146 valence electrons. The van der Waals surface area contributed by atoms with Crippen molar-refractivity contribution in [3.05, 3.63) is 54.2 Å². The summed E-state index contributed by atoms with van der Waals surface area (Å²) >= 11 is 0. The summed E-state index contributed by atoms with van der Waals surface area (Å²) in [4.78, 5) is 11.5. The van der Waals surface area contributed by atoms with E-state index in [-0.39, 0.29) is 0 Å². The van der Waals surface area contributed by atoms with Gasteiger partial charge in [-0.05, 0) is 24.3 Å². The van der Waals surface area contributed by atoms with E-state index in [9.17, 15) is 0 Å². The van der Waals surface area contributed by atoms with Crippen molar-refractivity contribution in [2.45, 2.75) is 12.8 Å². The average molecular weight is 371 g/mol. The first kappa shape index (κ1) is 19.4. The van der Waals surface area contributed by atoms with Crippen molar-refractivity contribution in [1.82, 2.24) is 20.5 Å². The van der Waals surface area contributed by atoms with Crippen LogP contribution in [-0.4, -0.2) is 68.3 Å². The van der Waals surface area contributed by atoms with E-state index in [0.717, 1.165) is 82.7 Å². The van der Waals surface area contributed by atoms with Gasteiger partial charge in [-0.2, -0.15) is 0 Å². The van der Waals surface area contributed by atoms with Crippen molar-refractivity contribution in [1.29, 1.82) is 0 Å². The number of aliphatic imine (C=N–C) groups is 1. The lowest BCUT2D eigenvalue weighted by Crippen LogP contribution is -2.41. The first-order valence-electron chi connectivity index (χ1n) is 9.65. The van der Waals surface area contributed by atoms with Crippen LogP contribution in [0.2, 0.25) is 0 Å². The summed E-state index contributed by atoms with van der Waals surface area (Å²) in [5.41, 5.74) is 1.08. The van der Waals surface area contributed by atoms with E-state index in [0.29, 0.717) is 0 Å². The van der Waals surface area contributed by atoms with Crippen molar-refractivity contribution >= 4 is 5.96 Å². The molecule has 0 aliphatic carbocycles. The molecular weight excluding hydrogens is 342 g/mol. The van der Waals surface area contributed by atoms with Gasteiger partial charge in [0.15, 0.2) is 5.96 Å². The van der Waals surface area contributed by atoms with Crippen molar-refractivity contribution in [3.63, 3.8) is 0 Å². The molecule has 2 aromatic heterocycles. The number of guanidine groups is 1. The number of nitrogens with zero attached hydrogens (tertiary/aromatic N) is 3. The molecule has 1 fully saturated rings. The molecular formula is C20H29N5O2. The first-order chi connectivity index (χ1) is 13.4. The van der Waals surface area contributed by atoms with Crippen LogP contribution in [0.4, 0.5) is 0 Å². The normalized spacial score (nSPS) is 15.6. The average Bonchev–Trinajstić information content (AvgIpc) is 3.23. The minimum absolute atomic E-state index is 0.764. The van der Waals surface area contributed by atoms with Gasteiger partial charge in [0.2, 0.25) is 0 Å². The number of hydrogen-bond donors (Lipinski definition) is 2. The summed E-state index contributed by atoms with van der Waals surface area (Å²) in [6.45, 7) is 6.91. The van der Waals surface area contributed by atoms with E-state index in [4.69, 9.17) is 14.1 Å². The lowest BCUT2D eigenvalue weighted by molar-refractivity contribution is 0.0394. The summed E-state index contributed by atoms with van der Waals surface area (Å²) in [5.74, 6) is 1.81. The number of furan rings is 1. The van der Waals surface area contributed by atoms with Crippen LogP contribution >= 0.6 is 0 Å². The van der Waals surface area contributed by atoms with Crippen LogP contribution in [0.15, 0.2) is 52.2 Å². The molecule has 1 saturated heterocycles. The van der Waals surface area contributed by atoms with Gasteiger partial charge >= 0.3 is 0 Å². The minimum Gasteiger partial charge on any atom is -0.469 e. The molecule has 3 heterocycles. The number of nitrogens with one attached hydrogen (secondary N) is 2. The van der Waals surface area contributed by atoms with Crippen LogP contribution in [0, 0.1) is 0 Å². The van der Waals surface area contributed by atoms with Gasteiger partial charge in [-0.15, -0.1) is 0 Å².